The topological polar surface area (TPSA) is 55.1 Å². The normalized spacial score (nSPS) is 13.0. The maximum absolute atomic E-state index is 12.9. The summed E-state index contributed by atoms with van der Waals surface area (Å²) in [6.07, 6.45) is -2.38. The van der Waals surface area contributed by atoms with Crippen LogP contribution in [0.5, 0.6) is 0 Å². The van der Waals surface area contributed by atoms with Crippen LogP contribution in [0, 0.1) is 5.82 Å². The zero-order valence-corrected chi connectivity index (χ0v) is 12.2. The van der Waals surface area contributed by atoms with Crippen molar-refractivity contribution in [1.29, 1.82) is 0 Å². The minimum Gasteiger partial charge on any atom is -0.351 e. The van der Waals surface area contributed by atoms with Crippen LogP contribution in [0.4, 0.5) is 17.6 Å². The maximum Gasteiger partial charge on any atom is 0.416 e. The van der Waals surface area contributed by atoms with Crippen LogP contribution < -0.4 is 11.1 Å². The van der Waals surface area contributed by atoms with Gasteiger partial charge in [0.15, 0.2) is 0 Å². The SMILES string of the molecule is CSCC[C@H](N)C(=O)NCc1ccc(F)cc1C(F)(F)F. The zero-order chi connectivity index (χ0) is 16.0. The fourth-order valence-electron chi connectivity index (χ4n) is 1.66. The molecule has 0 radical (unpaired) electrons. The molecule has 0 unspecified atom stereocenters. The lowest BCUT2D eigenvalue weighted by molar-refractivity contribution is -0.138. The predicted molar refractivity (Wildman–Crippen MR) is 74.2 cm³/mol. The zero-order valence-electron chi connectivity index (χ0n) is 11.3. The largest absolute Gasteiger partial charge is 0.416 e. The molecule has 118 valence electrons. The van der Waals surface area contributed by atoms with Gasteiger partial charge in [-0.1, -0.05) is 6.07 Å². The standard InChI is InChI=1S/C13H16F4N2OS/c1-21-5-4-11(18)12(20)19-7-8-2-3-9(14)6-10(8)13(15,16)17/h2-3,6,11H,4-5,7,18H2,1H3,(H,19,20)/t11-/m0/s1. The first-order valence-corrected chi connectivity index (χ1v) is 7.53. The van der Waals surface area contributed by atoms with Crippen LogP contribution in [0.2, 0.25) is 0 Å². The summed E-state index contributed by atoms with van der Waals surface area (Å²) in [7, 11) is 0. The summed E-state index contributed by atoms with van der Waals surface area (Å²) in [5, 5.41) is 2.34. The summed E-state index contributed by atoms with van der Waals surface area (Å²) in [5.74, 6) is -0.825. The molecule has 1 aromatic rings. The van der Waals surface area contributed by atoms with Gasteiger partial charge in [0.1, 0.15) is 5.82 Å². The lowest BCUT2D eigenvalue weighted by Gasteiger charge is -2.15. The van der Waals surface area contributed by atoms with E-state index in [4.69, 9.17) is 5.73 Å². The molecule has 1 atom stereocenters. The van der Waals surface area contributed by atoms with Crippen LogP contribution in [-0.4, -0.2) is 24.0 Å². The van der Waals surface area contributed by atoms with Crippen LogP contribution in [-0.2, 0) is 17.5 Å². The average Bonchev–Trinajstić information content (AvgIpc) is 2.41. The van der Waals surface area contributed by atoms with Gasteiger partial charge in [0.25, 0.3) is 0 Å². The van der Waals surface area contributed by atoms with Crippen molar-refractivity contribution in [3.05, 3.63) is 35.1 Å². The fourth-order valence-corrected chi connectivity index (χ4v) is 2.15. The van der Waals surface area contributed by atoms with Gasteiger partial charge >= 0.3 is 6.18 Å². The first-order valence-electron chi connectivity index (χ1n) is 6.13. The molecule has 1 amide bonds. The summed E-state index contributed by atoms with van der Waals surface area (Å²) in [6, 6.07) is 1.57. The van der Waals surface area contributed by atoms with Gasteiger partial charge in [-0.25, -0.2) is 4.39 Å². The first kappa shape index (κ1) is 17.8. The molecule has 0 heterocycles. The van der Waals surface area contributed by atoms with Gasteiger partial charge < -0.3 is 11.1 Å². The van der Waals surface area contributed by atoms with Crippen molar-refractivity contribution in [3.63, 3.8) is 0 Å². The number of carbonyl (C=O) groups is 1. The molecule has 0 saturated carbocycles. The molecule has 0 fully saturated rings. The van der Waals surface area contributed by atoms with E-state index in [-0.39, 0.29) is 12.1 Å². The fraction of sp³-hybridized carbons (Fsp3) is 0.462. The number of hydrogen-bond donors (Lipinski definition) is 2. The summed E-state index contributed by atoms with van der Waals surface area (Å²) in [4.78, 5) is 11.6. The second kappa shape index (κ2) is 7.65. The van der Waals surface area contributed by atoms with E-state index in [0.29, 0.717) is 18.2 Å². The Labute approximate surface area is 124 Å². The van der Waals surface area contributed by atoms with Gasteiger partial charge in [0.05, 0.1) is 11.6 Å². The molecule has 0 bridgehead atoms. The third kappa shape index (κ3) is 5.55. The number of nitrogens with two attached hydrogens (primary N) is 1. The first-order chi connectivity index (χ1) is 9.75. The molecule has 3 nitrogen and oxygen atoms in total. The molecule has 0 aliphatic carbocycles. The van der Waals surface area contributed by atoms with E-state index >= 15 is 0 Å². The van der Waals surface area contributed by atoms with E-state index in [1.807, 2.05) is 6.26 Å². The smallest absolute Gasteiger partial charge is 0.351 e. The second-order valence-corrected chi connectivity index (χ2v) is 5.39. The summed E-state index contributed by atoms with van der Waals surface area (Å²) in [6.45, 7) is -0.346. The molecule has 0 spiro atoms. The number of thioether (sulfide) groups is 1. The Hall–Kier alpha value is -1.28. The van der Waals surface area contributed by atoms with Crippen molar-refractivity contribution in [2.75, 3.05) is 12.0 Å². The van der Waals surface area contributed by atoms with Crippen LogP contribution in [0.15, 0.2) is 18.2 Å². The van der Waals surface area contributed by atoms with Gasteiger partial charge in [0, 0.05) is 6.54 Å². The molecule has 0 aliphatic heterocycles. The van der Waals surface area contributed by atoms with Gasteiger partial charge in [0.2, 0.25) is 5.91 Å². The van der Waals surface area contributed by atoms with Crippen molar-refractivity contribution < 1.29 is 22.4 Å². The molecule has 1 aromatic carbocycles. The lowest BCUT2D eigenvalue weighted by atomic mass is 10.1. The number of hydrogen-bond acceptors (Lipinski definition) is 3. The average molecular weight is 324 g/mol. The number of halogens is 4. The molecule has 0 saturated heterocycles. The van der Waals surface area contributed by atoms with E-state index in [9.17, 15) is 22.4 Å². The van der Waals surface area contributed by atoms with E-state index in [1.54, 1.807) is 0 Å². The number of nitrogens with one attached hydrogen (secondary N) is 1. The minimum atomic E-state index is -4.68. The van der Waals surface area contributed by atoms with E-state index in [1.165, 1.54) is 11.8 Å². The maximum atomic E-state index is 12.9. The van der Waals surface area contributed by atoms with Crippen LogP contribution in [0.25, 0.3) is 0 Å². The number of alkyl halides is 3. The molecule has 3 N–H and O–H groups in total. The highest BCUT2D eigenvalue weighted by atomic mass is 32.2. The van der Waals surface area contributed by atoms with Crippen molar-refractivity contribution in [3.8, 4) is 0 Å². The summed E-state index contributed by atoms with van der Waals surface area (Å²) < 4.78 is 51.2. The molecular formula is C13H16F4N2OS. The Balaban J connectivity index is 2.73. The summed E-state index contributed by atoms with van der Waals surface area (Å²) >= 11 is 1.52. The summed E-state index contributed by atoms with van der Waals surface area (Å²) in [5.41, 5.74) is 4.31. The Morgan fingerprint density at radius 3 is 2.67 bits per heavy atom. The van der Waals surface area contributed by atoms with Crippen molar-refractivity contribution in [2.45, 2.75) is 25.2 Å². The number of carbonyl (C=O) groups excluding carboxylic acids is 1. The molecule has 8 heteroatoms. The highest BCUT2D eigenvalue weighted by Gasteiger charge is 2.33. The third-order valence-corrected chi connectivity index (χ3v) is 3.44. The second-order valence-electron chi connectivity index (χ2n) is 4.40. The van der Waals surface area contributed by atoms with Gasteiger partial charge in [-0.15, -0.1) is 0 Å². The predicted octanol–water partition coefficient (Wildman–Crippen LogP) is 2.54. The van der Waals surface area contributed by atoms with E-state index in [0.717, 1.165) is 12.1 Å². The van der Waals surface area contributed by atoms with Crippen molar-refractivity contribution in [2.24, 2.45) is 5.73 Å². The number of benzene rings is 1. The lowest BCUT2D eigenvalue weighted by Crippen LogP contribution is -2.40. The van der Waals surface area contributed by atoms with Gasteiger partial charge in [-0.3, -0.25) is 4.79 Å². The van der Waals surface area contributed by atoms with Crippen LogP contribution in [0.1, 0.15) is 17.5 Å². The van der Waals surface area contributed by atoms with E-state index in [2.05, 4.69) is 5.32 Å². The van der Waals surface area contributed by atoms with E-state index < -0.39 is 29.5 Å². The minimum absolute atomic E-state index is 0.200. The Bertz CT molecular complexity index is 494. The highest BCUT2D eigenvalue weighted by molar-refractivity contribution is 7.98. The van der Waals surface area contributed by atoms with Gasteiger partial charge in [-0.2, -0.15) is 24.9 Å². The molecule has 0 aromatic heterocycles. The molecule has 21 heavy (non-hydrogen) atoms. The number of rotatable bonds is 6. The quantitative estimate of drug-likeness (QED) is 0.791. The Kier molecular flexibility index (Phi) is 6.47. The monoisotopic (exact) mass is 324 g/mol. The number of amides is 1. The highest BCUT2D eigenvalue weighted by Crippen LogP contribution is 2.32. The van der Waals surface area contributed by atoms with Crippen molar-refractivity contribution in [1.82, 2.24) is 5.32 Å². The molecule has 1 rings (SSSR count). The van der Waals surface area contributed by atoms with Gasteiger partial charge in [-0.05, 0) is 36.1 Å². The van der Waals surface area contributed by atoms with Crippen LogP contribution in [0.3, 0.4) is 0 Å². The van der Waals surface area contributed by atoms with Crippen LogP contribution >= 0.6 is 11.8 Å². The Morgan fingerprint density at radius 1 is 1.43 bits per heavy atom. The third-order valence-electron chi connectivity index (χ3n) is 2.80. The molecule has 0 aliphatic rings. The molecular weight excluding hydrogens is 308 g/mol. The van der Waals surface area contributed by atoms with Crippen molar-refractivity contribution >= 4 is 17.7 Å². The Morgan fingerprint density at radius 2 is 2.10 bits per heavy atom.